The molecule has 5 nitrogen and oxygen atoms in total. The van der Waals surface area contributed by atoms with Crippen LogP contribution in [0.1, 0.15) is 6.92 Å². The molecule has 0 aromatic rings. The molecule has 1 saturated heterocycles. The molecular formula is C10H17N3O2. The molecular weight excluding hydrogens is 194 g/mol. The highest BCUT2D eigenvalue weighted by molar-refractivity contribution is 5.74. The predicted octanol–water partition coefficient (Wildman–Crippen LogP) is 0.530. The van der Waals surface area contributed by atoms with Crippen LogP contribution in [0, 0.1) is 17.2 Å². The molecule has 1 fully saturated rings. The number of amides is 2. The Bertz CT molecular complexity index is 256. The van der Waals surface area contributed by atoms with Crippen LogP contribution in [0.15, 0.2) is 0 Å². The molecule has 1 aliphatic heterocycles. The first-order valence-corrected chi connectivity index (χ1v) is 5.12. The molecule has 84 valence electrons. The summed E-state index contributed by atoms with van der Waals surface area (Å²) >= 11 is 0. The van der Waals surface area contributed by atoms with E-state index in [4.69, 9.17) is 10.00 Å². The second kappa shape index (κ2) is 5.56. The van der Waals surface area contributed by atoms with Crippen molar-refractivity contribution in [1.29, 1.82) is 5.26 Å². The molecule has 1 atom stereocenters. The van der Waals surface area contributed by atoms with Crippen molar-refractivity contribution < 1.29 is 9.53 Å². The Morgan fingerprint density at radius 3 is 2.73 bits per heavy atom. The van der Waals surface area contributed by atoms with Crippen LogP contribution < -0.4 is 0 Å². The molecule has 15 heavy (non-hydrogen) atoms. The van der Waals surface area contributed by atoms with Crippen molar-refractivity contribution in [3.63, 3.8) is 0 Å². The van der Waals surface area contributed by atoms with Crippen molar-refractivity contribution >= 4 is 6.03 Å². The van der Waals surface area contributed by atoms with E-state index in [9.17, 15) is 4.79 Å². The van der Waals surface area contributed by atoms with Crippen molar-refractivity contribution in [2.45, 2.75) is 6.92 Å². The third-order valence-electron chi connectivity index (χ3n) is 2.38. The molecule has 0 saturated carbocycles. The van der Waals surface area contributed by atoms with Crippen LogP contribution >= 0.6 is 0 Å². The van der Waals surface area contributed by atoms with Gasteiger partial charge in [0.05, 0.1) is 25.2 Å². The molecule has 1 aliphatic rings. The summed E-state index contributed by atoms with van der Waals surface area (Å²) in [5.74, 6) is -0.125. The van der Waals surface area contributed by atoms with Crippen molar-refractivity contribution in [3.05, 3.63) is 0 Å². The lowest BCUT2D eigenvalue weighted by Crippen LogP contribution is -2.47. The van der Waals surface area contributed by atoms with E-state index in [-0.39, 0.29) is 11.9 Å². The topological polar surface area (TPSA) is 56.6 Å². The standard InChI is InChI=1S/C10H17N3O2/c1-9(7-11)8-12(2)10(14)13-3-5-15-6-4-13/h9H,3-6,8H2,1-2H3. The maximum Gasteiger partial charge on any atom is 0.319 e. The molecule has 0 aromatic carbocycles. The molecule has 0 spiro atoms. The lowest BCUT2D eigenvalue weighted by molar-refractivity contribution is 0.0448. The number of rotatable bonds is 2. The molecule has 0 aromatic heterocycles. The highest BCUT2D eigenvalue weighted by atomic mass is 16.5. The van der Waals surface area contributed by atoms with Gasteiger partial charge in [-0.25, -0.2) is 4.79 Å². The largest absolute Gasteiger partial charge is 0.378 e. The minimum Gasteiger partial charge on any atom is -0.378 e. The SMILES string of the molecule is CC(C#N)CN(C)C(=O)N1CCOCC1. The zero-order valence-corrected chi connectivity index (χ0v) is 9.27. The molecule has 1 rings (SSSR count). The Morgan fingerprint density at radius 1 is 1.60 bits per heavy atom. The van der Waals surface area contributed by atoms with Gasteiger partial charge in [-0.2, -0.15) is 5.26 Å². The number of morpholine rings is 1. The summed E-state index contributed by atoms with van der Waals surface area (Å²) in [5, 5.41) is 8.65. The zero-order valence-electron chi connectivity index (χ0n) is 9.27. The quantitative estimate of drug-likeness (QED) is 0.669. The van der Waals surface area contributed by atoms with E-state index in [0.717, 1.165) is 0 Å². The van der Waals surface area contributed by atoms with Gasteiger partial charge in [-0.15, -0.1) is 0 Å². The van der Waals surface area contributed by atoms with E-state index < -0.39 is 0 Å². The Labute approximate surface area is 90.2 Å². The van der Waals surface area contributed by atoms with Crippen LogP contribution in [-0.4, -0.2) is 55.7 Å². The Balaban J connectivity index is 2.41. The maximum atomic E-state index is 11.8. The molecule has 1 unspecified atom stereocenters. The number of carbonyl (C=O) groups excluding carboxylic acids is 1. The minimum absolute atomic E-state index is 0.0135. The zero-order chi connectivity index (χ0) is 11.3. The highest BCUT2D eigenvalue weighted by Crippen LogP contribution is 2.04. The van der Waals surface area contributed by atoms with Gasteiger partial charge in [-0.3, -0.25) is 0 Å². The van der Waals surface area contributed by atoms with Crippen LogP contribution in [0.3, 0.4) is 0 Å². The number of nitrogens with zero attached hydrogens (tertiary/aromatic N) is 3. The molecule has 0 radical (unpaired) electrons. The lowest BCUT2D eigenvalue weighted by atomic mass is 10.2. The lowest BCUT2D eigenvalue weighted by Gasteiger charge is -2.31. The highest BCUT2D eigenvalue weighted by Gasteiger charge is 2.21. The van der Waals surface area contributed by atoms with E-state index in [2.05, 4.69) is 6.07 Å². The molecule has 5 heteroatoms. The summed E-state index contributed by atoms with van der Waals surface area (Å²) in [5.41, 5.74) is 0. The minimum atomic E-state index is -0.125. The second-order valence-corrected chi connectivity index (χ2v) is 3.79. The number of hydrogen-bond donors (Lipinski definition) is 0. The van der Waals surface area contributed by atoms with E-state index >= 15 is 0 Å². The van der Waals surface area contributed by atoms with E-state index in [1.165, 1.54) is 0 Å². The van der Waals surface area contributed by atoms with Crippen molar-refractivity contribution in [2.24, 2.45) is 5.92 Å². The normalized spacial score (nSPS) is 18.1. The number of carbonyl (C=O) groups is 1. The van der Waals surface area contributed by atoms with Crippen LogP contribution in [0.4, 0.5) is 4.79 Å². The summed E-state index contributed by atoms with van der Waals surface area (Å²) in [7, 11) is 1.73. The van der Waals surface area contributed by atoms with Crippen molar-refractivity contribution in [1.82, 2.24) is 9.80 Å². The van der Waals surface area contributed by atoms with Crippen molar-refractivity contribution in [2.75, 3.05) is 39.9 Å². The Kier molecular flexibility index (Phi) is 4.37. The summed E-state index contributed by atoms with van der Waals surface area (Å²) in [6.07, 6.45) is 0. The fourth-order valence-electron chi connectivity index (χ4n) is 1.53. The maximum absolute atomic E-state index is 11.8. The molecule has 0 aliphatic carbocycles. The third kappa shape index (κ3) is 3.40. The first-order valence-electron chi connectivity index (χ1n) is 5.12. The number of nitriles is 1. The van der Waals surface area contributed by atoms with Crippen molar-refractivity contribution in [3.8, 4) is 6.07 Å². The Morgan fingerprint density at radius 2 is 2.20 bits per heavy atom. The average molecular weight is 211 g/mol. The van der Waals surface area contributed by atoms with E-state index in [0.29, 0.717) is 32.8 Å². The van der Waals surface area contributed by atoms with Gasteiger partial charge in [0.1, 0.15) is 0 Å². The van der Waals surface area contributed by atoms with Gasteiger partial charge in [0.25, 0.3) is 0 Å². The van der Waals surface area contributed by atoms with Gasteiger partial charge in [-0.05, 0) is 6.92 Å². The van der Waals surface area contributed by atoms with Gasteiger partial charge in [-0.1, -0.05) is 0 Å². The van der Waals surface area contributed by atoms with E-state index in [1.54, 1.807) is 16.8 Å². The Hall–Kier alpha value is -1.28. The van der Waals surface area contributed by atoms with Gasteiger partial charge in [0.15, 0.2) is 0 Å². The van der Waals surface area contributed by atoms with Crippen LogP contribution in [-0.2, 0) is 4.74 Å². The van der Waals surface area contributed by atoms with Crippen LogP contribution in [0.2, 0.25) is 0 Å². The summed E-state index contributed by atoms with van der Waals surface area (Å²) in [6, 6.07) is 2.10. The van der Waals surface area contributed by atoms with Crippen LogP contribution in [0.5, 0.6) is 0 Å². The number of hydrogen-bond acceptors (Lipinski definition) is 3. The van der Waals surface area contributed by atoms with E-state index in [1.807, 2.05) is 6.92 Å². The number of urea groups is 1. The van der Waals surface area contributed by atoms with Gasteiger partial charge >= 0.3 is 6.03 Å². The first-order chi connectivity index (χ1) is 7.15. The smallest absolute Gasteiger partial charge is 0.319 e. The van der Waals surface area contributed by atoms with Crippen LogP contribution in [0.25, 0.3) is 0 Å². The summed E-state index contributed by atoms with van der Waals surface area (Å²) in [4.78, 5) is 15.2. The molecule has 0 bridgehead atoms. The summed E-state index contributed by atoms with van der Waals surface area (Å²) in [6.45, 7) is 4.78. The molecule has 2 amide bonds. The second-order valence-electron chi connectivity index (χ2n) is 3.79. The number of ether oxygens (including phenoxy) is 1. The third-order valence-corrected chi connectivity index (χ3v) is 2.38. The molecule has 0 N–H and O–H groups in total. The van der Waals surface area contributed by atoms with Gasteiger partial charge < -0.3 is 14.5 Å². The monoisotopic (exact) mass is 211 g/mol. The van der Waals surface area contributed by atoms with Gasteiger partial charge in [0.2, 0.25) is 0 Å². The average Bonchev–Trinajstić information content (AvgIpc) is 2.29. The first kappa shape index (κ1) is 11.8. The molecule has 1 heterocycles. The van der Waals surface area contributed by atoms with Gasteiger partial charge in [0, 0.05) is 26.7 Å². The predicted molar refractivity (Wildman–Crippen MR) is 55.2 cm³/mol. The fourth-order valence-corrected chi connectivity index (χ4v) is 1.53. The fraction of sp³-hybridized carbons (Fsp3) is 0.800. The summed E-state index contributed by atoms with van der Waals surface area (Å²) < 4.78 is 5.17.